The van der Waals surface area contributed by atoms with Crippen LogP contribution in [0, 0.1) is 11.6 Å². The second-order valence-electron chi connectivity index (χ2n) is 17.7. The molecule has 5 aliphatic rings. The SMILES string of the molecule is O=C1CC[C@H](Nc2ccc(C3CCN(CC(=O)N4CCN(c5ccc(-c6cc(F)c7c(c6)C(=O)N(C(C(=O)Nc6nccs6)c6ncn8c6C[C@@H](F)C8)C7)cc5)CC4)CC3)c(F)c2)C(O)N1. The van der Waals surface area contributed by atoms with Gasteiger partial charge in [0.15, 0.2) is 11.2 Å². The van der Waals surface area contributed by atoms with E-state index in [-0.39, 0.29) is 59.9 Å². The highest BCUT2D eigenvalue weighted by molar-refractivity contribution is 7.13. The number of nitrogens with zero attached hydrogens (tertiary/aromatic N) is 7. The van der Waals surface area contributed by atoms with Crippen molar-refractivity contribution >= 4 is 51.5 Å². The highest BCUT2D eigenvalue weighted by Gasteiger charge is 2.43. The van der Waals surface area contributed by atoms with E-state index in [1.807, 2.05) is 35.2 Å². The molecule has 0 radical (unpaired) electrons. The topological polar surface area (TPSA) is 168 Å². The van der Waals surface area contributed by atoms with Gasteiger partial charge in [-0.25, -0.2) is 23.1 Å². The number of fused-ring (bicyclic) bond motifs is 2. The number of aliphatic hydroxyl groups excluding tert-OH is 1. The Morgan fingerprint density at radius 2 is 1.71 bits per heavy atom. The lowest BCUT2D eigenvalue weighted by Gasteiger charge is -2.38. The molecule has 0 aliphatic carbocycles. The first-order valence-electron chi connectivity index (χ1n) is 22.4. The lowest BCUT2D eigenvalue weighted by molar-refractivity contribution is -0.133. The van der Waals surface area contributed by atoms with Crippen molar-refractivity contribution < 1.29 is 37.5 Å². The zero-order valence-corrected chi connectivity index (χ0v) is 36.8. The smallest absolute Gasteiger partial charge is 0.255 e. The first kappa shape index (κ1) is 43.6. The molecular formula is C47H49F3N10O5S. The van der Waals surface area contributed by atoms with E-state index in [0.29, 0.717) is 91.9 Å². The van der Waals surface area contributed by atoms with Gasteiger partial charge in [0, 0.05) is 78.8 Å². The molecule has 15 nitrogen and oxygen atoms in total. The molecule has 3 aromatic carbocycles. The molecule has 4 amide bonds. The summed E-state index contributed by atoms with van der Waals surface area (Å²) in [5.74, 6) is -2.10. The summed E-state index contributed by atoms with van der Waals surface area (Å²) in [6.07, 6.45) is 3.10. The summed E-state index contributed by atoms with van der Waals surface area (Å²) in [5.41, 5.74) is 4.45. The maximum Gasteiger partial charge on any atom is 0.255 e. The number of imidazole rings is 1. The van der Waals surface area contributed by atoms with Crippen molar-refractivity contribution in [2.24, 2.45) is 0 Å². The van der Waals surface area contributed by atoms with E-state index < -0.39 is 42.1 Å². The number of aromatic nitrogens is 3. The van der Waals surface area contributed by atoms with Gasteiger partial charge >= 0.3 is 0 Å². The largest absolute Gasteiger partial charge is 0.378 e. The standard InChI is InChI=1S/C47H49F3N10O5S/c48-30-21-39-42(52-26-59(39)23-30)43(45(64)55-47-51-11-18-66-47)60-24-35-34(46(60)65)19-29(20-36(35)49)27-1-4-32(5-2-27)57-14-16-58(17-15-57)41(62)25-56-12-9-28(10-13-56)33-6-3-31(22-37(33)50)53-38-7-8-40(61)54-44(38)63/h1-6,11,18-20,22,26,28,30,38,43-44,53,63H,7-10,12-17,21,23-25H2,(H,54,61)(H,51,55,64)/t30-,38+,43?,44?/m1/s1. The highest BCUT2D eigenvalue weighted by atomic mass is 32.1. The summed E-state index contributed by atoms with van der Waals surface area (Å²) in [6, 6.07) is 14.1. The fraction of sp³-hybridized carbons (Fsp3) is 0.404. The lowest BCUT2D eigenvalue weighted by atomic mass is 9.89. The van der Waals surface area contributed by atoms with Crippen LogP contribution in [-0.4, -0.2) is 122 Å². The van der Waals surface area contributed by atoms with Gasteiger partial charge in [-0.3, -0.25) is 29.4 Å². The molecule has 4 N–H and O–H groups in total. The van der Waals surface area contributed by atoms with Crippen LogP contribution < -0.4 is 20.9 Å². The Kier molecular flexibility index (Phi) is 12.0. The lowest BCUT2D eigenvalue weighted by Crippen LogP contribution is -2.51. The number of benzene rings is 3. The molecule has 0 spiro atoms. The van der Waals surface area contributed by atoms with Gasteiger partial charge in [0.25, 0.3) is 11.8 Å². The Bertz CT molecular complexity index is 2650. The van der Waals surface area contributed by atoms with Gasteiger partial charge in [0.05, 0.1) is 37.7 Å². The van der Waals surface area contributed by atoms with Crippen molar-refractivity contribution in [1.29, 1.82) is 0 Å². The molecule has 66 heavy (non-hydrogen) atoms. The maximum atomic E-state index is 15.9. The molecule has 19 heteroatoms. The van der Waals surface area contributed by atoms with E-state index in [9.17, 15) is 28.7 Å². The third-order valence-electron chi connectivity index (χ3n) is 13.6. The van der Waals surface area contributed by atoms with Crippen molar-refractivity contribution in [3.8, 4) is 11.1 Å². The zero-order valence-electron chi connectivity index (χ0n) is 36.0. The highest BCUT2D eigenvalue weighted by Crippen LogP contribution is 2.39. The minimum absolute atomic E-state index is 0.0318. The molecule has 4 atom stereocenters. The number of aliphatic hydroxyl groups is 1. The van der Waals surface area contributed by atoms with Crippen LogP contribution in [-0.2, 0) is 33.9 Å². The number of thiazole rings is 1. The Morgan fingerprint density at radius 1 is 0.924 bits per heavy atom. The van der Waals surface area contributed by atoms with Gasteiger partial charge in [-0.15, -0.1) is 11.3 Å². The molecule has 5 aliphatic heterocycles. The maximum absolute atomic E-state index is 15.9. The predicted octanol–water partition coefficient (Wildman–Crippen LogP) is 5.05. The van der Waals surface area contributed by atoms with Gasteiger partial charge in [-0.1, -0.05) is 18.2 Å². The Balaban J connectivity index is 0.728. The normalized spacial score (nSPS) is 21.7. The van der Waals surface area contributed by atoms with Crippen LogP contribution in [0.1, 0.15) is 70.5 Å². The number of hydrogen-bond donors (Lipinski definition) is 4. The Hall–Kier alpha value is -6.31. The number of rotatable bonds is 11. The van der Waals surface area contributed by atoms with Gasteiger partial charge in [0.1, 0.15) is 24.0 Å². The first-order chi connectivity index (χ1) is 31.9. The second kappa shape index (κ2) is 18.2. The van der Waals surface area contributed by atoms with E-state index in [1.54, 1.807) is 28.3 Å². The quantitative estimate of drug-likeness (QED) is 0.141. The molecule has 3 fully saturated rings. The number of halogens is 3. The first-order valence-corrected chi connectivity index (χ1v) is 23.2. The van der Waals surface area contributed by atoms with E-state index in [4.69, 9.17) is 0 Å². The van der Waals surface area contributed by atoms with E-state index >= 15 is 8.78 Å². The molecule has 0 bridgehead atoms. The number of hydrogen-bond acceptors (Lipinski definition) is 11. The summed E-state index contributed by atoms with van der Waals surface area (Å²) in [5, 5.41) is 20.6. The minimum Gasteiger partial charge on any atom is -0.378 e. The van der Waals surface area contributed by atoms with Crippen LogP contribution in [0.15, 0.2) is 72.5 Å². The Labute approximate surface area is 382 Å². The second-order valence-corrected chi connectivity index (χ2v) is 18.6. The van der Waals surface area contributed by atoms with Crippen molar-refractivity contribution in [2.45, 2.75) is 75.6 Å². The number of amides is 4. The third kappa shape index (κ3) is 8.73. The number of anilines is 3. The van der Waals surface area contributed by atoms with Gasteiger partial charge in [0.2, 0.25) is 11.8 Å². The summed E-state index contributed by atoms with van der Waals surface area (Å²) >= 11 is 1.21. The van der Waals surface area contributed by atoms with Crippen LogP contribution in [0.25, 0.3) is 11.1 Å². The molecule has 0 saturated carbocycles. The molecule has 5 aromatic rings. The summed E-state index contributed by atoms with van der Waals surface area (Å²) < 4.78 is 47.4. The van der Waals surface area contributed by atoms with Crippen LogP contribution in [0.5, 0.6) is 0 Å². The van der Waals surface area contributed by atoms with E-state index in [2.05, 4.69) is 35.7 Å². The molecular weight excluding hydrogens is 874 g/mol. The fourth-order valence-corrected chi connectivity index (χ4v) is 10.6. The fourth-order valence-electron chi connectivity index (χ4n) is 10.0. The average Bonchev–Trinajstić information content (AvgIpc) is 4.12. The molecule has 344 valence electrons. The molecule has 10 rings (SSSR count). The van der Waals surface area contributed by atoms with Gasteiger partial charge in [-0.2, -0.15) is 0 Å². The van der Waals surface area contributed by atoms with Gasteiger partial charge < -0.3 is 35.0 Å². The minimum atomic E-state index is -1.24. The number of carbonyl (C=O) groups excluding carboxylic acids is 4. The van der Waals surface area contributed by atoms with Crippen LogP contribution in [0.3, 0.4) is 0 Å². The monoisotopic (exact) mass is 922 g/mol. The molecule has 2 unspecified atom stereocenters. The van der Waals surface area contributed by atoms with E-state index in [0.717, 1.165) is 18.5 Å². The number of piperidine rings is 2. The van der Waals surface area contributed by atoms with Gasteiger partial charge in [-0.05, 0) is 91.4 Å². The van der Waals surface area contributed by atoms with Crippen molar-refractivity contribution in [3.63, 3.8) is 0 Å². The van der Waals surface area contributed by atoms with E-state index in [1.165, 1.54) is 34.7 Å². The Morgan fingerprint density at radius 3 is 2.44 bits per heavy atom. The molecule has 3 saturated heterocycles. The number of nitrogens with one attached hydrogen (secondary N) is 3. The summed E-state index contributed by atoms with van der Waals surface area (Å²) in [6.45, 7) is 3.97. The number of piperazine rings is 1. The third-order valence-corrected chi connectivity index (χ3v) is 14.3. The van der Waals surface area contributed by atoms with Crippen LogP contribution >= 0.6 is 11.3 Å². The molecule has 2 aromatic heterocycles. The van der Waals surface area contributed by atoms with Crippen LogP contribution in [0.2, 0.25) is 0 Å². The number of carbonyl (C=O) groups is 4. The zero-order chi connectivity index (χ0) is 45.6. The number of alkyl halides is 1. The summed E-state index contributed by atoms with van der Waals surface area (Å²) in [4.78, 5) is 69.0. The van der Waals surface area contributed by atoms with Crippen molar-refractivity contribution in [1.82, 2.24) is 34.6 Å². The average molecular weight is 923 g/mol. The summed E-state index contributed by atoms with van der Waals surface area (Å²) in [7, 11) is 0. The van der Waals surface area contributed by atoms with Crippen molar-refractivity contribution in [2.75, 3.05) is 61.3 Å². The van der Waals surface area contributed by atoms with Crippen LogP contribution in [0.4, 0.5) is 29.7 Å². The predicted molar refractivity (Wildman–Crippen MR) is 240 cm³/mol. The van der Waals surface area contributed by atoms with Crippen molar-refractivity contribution in [3.05, 3.63) is 112 Å². The molecule has 7 heterocycles. The number of likely N-dealkylation sites (tertiary alicyclic amines) is 1.